The van der Waals surface area contributed by atoms with Gasteiger partial charge < -0.3 is 35.8 Å². The number of halogens is 5. The zero-order valence-corrected chi connectivity index (χ0v) is 30.0. The fourth-order valence-electron chi connectivity index (χ4n) is 5.64. The summed E-state index contributed by atoms with van der Waals surface area (Å²) in [6.45, 7) is 7.25. The maximum atomic E-state index is 14.9. The van der Waals surface area contributed by atoms with Crippen LogP contribution in [0.1, 0.15) is 77.1 Å². The monoisotopic (exact) mass is 754 g/mol. The molecule has 0 aliphatic rings. The van der Waals surface area contributed by atoms with Crippen LogP contribution in [0, 0.1) is 17.0 Å². The van der Waals surface area contributed by atoms with Gasteiger partial charge in [-0.3, -0.25) is 9.59 Å². The van der Waals surface area contributed by atoms with Gasteiger partial charge in [0.25, 0.3) is 0 Å². The number of benzene rings is 2. The first-order valence-electron chi connectivity index (χ1n) is 16.9. The number of hydrogen-bond donors (Lipinski definition) is 5. The highest BCUT2D eigenvalue weighted by Crippen LogP contribution is 2.41. The Balaban J connectivity index is 0.00000126. The highest BCUT2D eigenvalue weighted by molar-refractivity contribution is 5.87. The summed E-state index contributed by atoms with van der Waals surface area (Å²) in [5.74, 6) is -6.36. The van der Waals surface area contributed by atoms with E-state index in [-0.39, 0.29) is 24.9 Å². The second-order valence-electron chi connectivity index (χ2n) is 13.5. The van der Waals surface area contributed by atoms with E-state index in [1.54, 1.807) is 12.3 Å². The molecule has 3 aromatic rings. The number of amides is 2. The standard InChI is InChI=1S/C35H46F2N4O5.C2HF3O2/c1-5-6-8-13-29(34(45)46)39-33(44)28(38)16-17-41(31(43)22-42)32(35(2,3)4)30-18-24(26-19-25(36)14-15-27(26)37)21-40(30)20-23-11-9-7-10-12-23;3-2(4,5)1(6)7/h7,9-12,14-15,18-19,21,28-29,32,42H,5-6,8,13,16-17,20,22,38H2,1-4H3,(H,39,44)(H,45,46);(H,6,7). The summed E-state index contributed by atoms with van der Waals surface area (Å²) in [6, 6.07) is 11.6. The van der Waals surface area contributed by atoms with Gasteiger partial charge in [0.05, 0.1) is 12.1 Å². The zero-order chi connectivity index (χ0) is 40.1. The smallest absolute Gasteiger partial charge is 0.480 e. The number of hydrogen-bond acceptors (Lipinski definition) is 6. The van der Waals surface area contributed by atoms with E-state index < -0.39 is 71.7 Å². The highest BCUT2D eigenvalue weighted by atomic mass is 19.4. The number of nitrogens with one attached hydrogen (secondary N) is 1. The number of nitrogens with two attached hydrogens (primary N) is 1. The number of carbonyl (C=O) groups excluding carboxylic acids is 2. The maximum absolute atomic E-state index is 14.9. The van der Waals surface area contributed by atoms with Crippen molar-refractivity contribution in [1.82, 2.24) is 14.8 Å². The number of carboxylic acid groups (broad SMARTS) is 2. The summed E-state index contributed by atoms with van der Waals surface area (Å²) < 4.78 is 62.8. The van der Waals surface area contributed by atoms with Crippen molar-refractivity contribution < 1.29 is 56.4 Å². The van der Waals surface area contributed by atoms with E-state index in [1.807, 2.05) is 62.6 Å². The molecule has 11 nitrogen and oxygen atoms in total. The lowest BCUT2D eigenvalue weighted by atomic mass is 9.82. The summed E-state index contributed by atoms with van der Waals surface area (Å²) in [5, 5.41) is 29.2. The van der Waals surface area contributed by atoms with Crippen LogP contribution in [0.5, 0.6) is 0 Å². The molecule has 53 heavy (non-hydrogen) atoms. The maximum Gasteiger partial charge on any atom is 0.490 e. The van der Waals surface area contributed by atoms with E-state index in [0.29, 0.717) is 24.2 Å². The van der Waals surface area contributed by atoms with Crippen LogP contribution >= 0.6 is 0 Å². The van der Waals surface area contributed by atoms with E-state index in [4.69, 9.17) is 15.6 Å². The number of carboxylic acids is 2. The van der Waals surface area contributed by atoms with Crippen molar-refractivity contribution in [2.75, 3.05) is 13.2 Å². The van der Waals surface area contributed by atoms with Crippen molar-refractivity contribution in [3.8, 4) is 11.1 Å². The van der Waals surface area contributed by atoms with Crippen molar-refractivity contribution in [3.05, 3.63) is 83.7 Å². The quantitative estimate of drug-likeness (QED) is 0.0889. The molecule has 3 unspecified atom stereocenters. The minimum absolute atomic E-state index is 0.0176. The summed E-state index contributed by atoms with van der Waals surface area (Å²) in [7, 11) is 0. The van der Waals surface area contributed by atoms with E-state index in [0.717, 1.165) is 36.6 Å². The molecule has 2 amide bonds. The van der Waals surface area contributed by atoms with E-state index in [1.165, 1.54) is 4.90 Å². The molecule has 292 valence electrons. The van der Waals surface area contributed by atoms with Gasteiger partial charge in [0.15, 0.2) is 0 Å². The van der Waals surface area contributed by atoms with Crippen LogP contribution in [-0.4, -0.2) is 80.0 Å². The molecule has 0 bridgehead atoms. The van der Waals surface area contributed by atoms with E-state index >= 15 is 0 Å². The van der Waals surface area contributed by atoms with Gasteiger partial charge in [-0.2, -0.15) is 13.2 Å². The number of aliphatic hydroxyl groups is 1. The molecule has 0 aliphatic carbocycles. The van der Waals surface area contributed by atoms with Gasteiger partial charge >= 0.3 is 18.1 Å². The summed E-state index contributed by atoms with van der Waals surface area (Å²) in [4.78, 5) is 48.4. The van der Waals surface area contributed by atoms with Gasteiger partial charge in [0, 0.05) is 36.1 Å². The number of unbranched alkanes of at least 4 members (excludes halogenated alkanes) is 2. The molecule has 1 aromatic heterocycles. The Hall–Kier alpha value is -4.83. The van der Waals surface area contributed by atoms with E-state index in [2.05, 4.69) is 5.32 Å². The molecule has 0 spiro atoms. The Bertz CT molecular complexity index is 1680. The van der Waals surface area contributed by atoms with Crippen LogP contribution in [0.3, 0.4) is 0 Å². The van der Waals surface area contributed by atoms with Crippen molar-refractivity contribution in [1.29, 1.82) is 0 Å². The van der Waals surface area contributed by atoms with Crippen LogP contribution in [0.25, 0.3) is 11.1 Å². The lowest BCUT2D eigenvalue weighted by molar-refractivity contribution is -0.192. The van der Waals surface area contributed by atoms with Gasteiger partial charge in [-0.05, 0) is 48.1 Å². The zero-order valence-electron chi connectivity index (χ0n) is 30.0. The van der Waals surface area contributed by atoms with Gasteiger partial charge in [-0.25, -0.2) is 18.4 Å². The van der Waals surface area contributed by atoms with Crippen molar-refractivity contribution in [2.24, 2.45) is 11.1 Å². The molecule has 0 saturated heterocycles. The Morgan fingerprint density at radius 3 is 2.09 bits per heavy atom. The number of aromatic nitrogens is 1. The van der Waals surface area contributed by atoms with Gasteiger partial charge in [-0.1, -0.05) is 77.3 Å². The van der Waals surface area contributed by atoms with Crippen molar-refractivity contribution in [3.63, 3.8) is 0 Å². The van der Waals surface area contributed by atoms with Crippen LogP contribution in [0.15, 0.2) is 60.8 Å². The van der Waals surface area contributed by atoms with Crippen LogP contribution < -0.4 is 11.1 Å². The number of aliphatic carboxylic acids is 2. The third-order valence-electron chi connectivity index (χ3n) is 8.20. The summed E-state index contributed by atoms with van der Waals surface area (Å²) >= 11 is 0. The minimum atomic E-state index is -5.08. The van der Waals surface area contributed by atoms with E-state index in [9.17, 15) is 46.5 Å². The first kappa shape index (κ1) is 44.3. The first-order valence-corrected chi connectivity index (χ1v) is 16.9. The molecule has 6 N–H and O–H groups in total. The second kappa shape index (κ2) is 19.9. The molecular weight excluding hydrogens is 707 g/mol. The third-order valence-corrected chi connectivity index (χ3v) is 8.20. The average Bonchev–Trinajstić information content (AvgIpc) is 3.48. The van der Waals surface area contributed by atoms with Gasteiger partial charge in [0.1, 0.15) is 24.3 Å². The molecule has 2 aromatic carbocycles. The predicted octanol–water partition coefficient (Wildman–Crippen LogP) is 5.89. The predicted molar refractivity (Wildman–Crippen MR) is 186 cm³/mol. The third kappa shape index (κ3) is 13.6. The number of nitrogens with zero attached hydrogens (tertiary/aromatic N) is 2. The summed E-state index contributed by atoms with van der Waals surface area (Å²) in [6.07, 6.45) is -0.746. The molecule has 0 radical (unpaired) electrons. The topological polar surface area (TPSA) is 175 Å². The molecule has 3 atom stereocenters. The Morgan fingerprint density at radius 1 is 0.943 bits per heavy atom. The molecule has 0 aliphatic heterocycles. The minimum Gasteiger partial charge on any atom is -0.480 e. The average molecular weight is 755 g/mol. The SMILES string of the molecule is CCCCCC(NC(=O)C(N)CCN(C(=O)CO)C(c1cc(-c2cc(F)ccc2F)cn1Cc1ccccc1)C(C)(C)C)C(=O)O.O=C(O)C(F)(F)F. The Labute approximate surface area is 304 Å². The van der Waals surface area contributed by atoms with Crippen LogP contribution in [0.2, 0.25) is 0 Å². The van der Waals surface area contributed by atoms with Crippen molar-refractivity contribution in [2.45, 2.75) is 90.6 Å². The molecule has 0 saturated carbocycles. The number of aliphatic hydroxyl groups excluding tert-OH is 1. The molecule has 0 fully saturated rings. The normalized spacial score (nSPS) is 13.3. The first-order chi connectivity index (χ1) is 24.7. The van der Waals surface area contributed by atoms with Crippen LogP contribution in [-0.2, 0) is 25.7 Å². The number of alkyl halides is 3. The van der Waals surface area contributed by atoms with Gasteiger partial charge in [-0.15, -0.1) is 0 Å². The van der Waals surface area contributed by atoms with Gasteiger partial charge in [0.2, 0.25) is 11.8 Å². The molecular formula is C37H47F5N4O7. The highest BCUT2D eigenvalue weighted by Gasteiger charge is 2.39. The van der Waals surface area contributed by atoms with Crippen LogP contribution in [0.4, 0.5) is 22.0 Å². The number of carbonyl (C=O) groups is 4. The van der Waals surface area contributed by atoms with Crippen molar-refractivity contribution >= 4 is 23.8 Å². The lowest BCUT2D eigenvalue weighted by Crippen LogP contribution is -2.50. The fourth-order valence-corrected chi connectivity index (χ4v) is 5.64. The molecule has 1 heterocycles. The Morgan fingerprint density at radius 2 is 1.57 bits per heavy atom. The summed E-state index contributed by atoms with van der Waals surface area (Å²) in [5.41, 5.74) is 7.58. The molecule has 16 heteroatoms. The molecule has 3 rings (SSSR count). The second-order valence-corrected chi connectivity index (χ2v) is 13.5. The lowest BCUT2D eigenvalue weighted by Gasteiger charge is -2.41. The largest absolute Gasteiger partial charge is 0.490 e. The number of rotatable bonds is 16. The fraction of sp³-hybridized carbons (Fsp3) is 0.459. The Kier molecular flexibility index (Phi) is 16.6.